The zero-order valence-electron chi connectivity index (χ0n) is 13.1. The van der Waals surface area contributed by atoms with Gasteiger partial charge in [0.05, 0.1) is 6.54 Å². The number of hydrogen-bond donors (Lipinski definition) is 1. The smallest absolute Gasteiger partial charge is 0.231 e. The monoisotopic (exact) mass is 385 g/mol. The molecule has 4 rings (SSSR count). The number of furan rings is 1. The van der Waals surface area contributed by atoms with Gasteiger partial charge in [-0.05, 0) is 55.0 Å². The van der Waals surface area contributed by atoms with Gasteiger partial charge in [0.2, 0.25) is 6.79 Å². The van der Waals surface area contributed by atoms with Crippen LogP contribution in [0.2, 0.25) is 0 Å². The van der Waals surface area contributed by atoms with E-state index >= 15 is 0 Å². The Labute approximate surface area is 148 Å². The zero-order valence-corrected chi connectivity index (χ0v) is 14.7. The Hall–Kier alpha value is -2.40. The van der Waals surface area contributed by atoms with Gasteiger partial charge in [-0.3, -0.25) is 0 Å². The Bertz CT molecular complexity index is 888. The van der Waals surface area contributed by atoms with Crippen LogP contribution in [0.15, 0.2) is 57.4 Å². The average molecular weight is 386 g/mol. The number of aryl methyl sites for hydroxylation is 1. The maximum atomic E-state index is 5.97. The van der Waals surface area contributed by atoms with E-state index in [1.807, 2.05) is 36.4 Å². The number of nitrogens with one attached hydrogen (secondary N) is 1. The number of hydrogen-bond acceptors (Lipinski definition) is 4. The van der Waals surface area contributed by atoms with Crippen molar-refractivity contribution in [3.8, 4) is 22.8 Å². The molecule has 1 aliphatic heterocycles. The molecule has 5 heteroatoms. The third kappa shape index (κ3) is 2.99. The largest absolute Gasteiger partial charge is 0.459 e. The zero-order chi connectivity index (χ0) is 16.5. The van der Waals surface area contributed by atoms with Crippen molar-refractivity contribution < 1.29 is 13.9 Å². The summed E-state index contributed by atoms with van der Waals surface area (Å²) in [5.41, 5.74) is 3.25. The molecule has 0 fully saturated rings. The highest BCUT2D eigenvalue weighted by molar-refractivity contribution is 9.10. The van der Waals surface area contributed by atoms with Crippen molar-refractivity contribution in [3.05, 3.63) is 64.3 Å². The number of anilines is 1. The highest BCUT2D eigenvalue weighted by atomic mass is 79.9. The van der Waals surface area contributed by atoms with E-state index in [2.05, 4.69) is 40.3 Å². The van der Waals surface area contributed by atoms with E-state index < -0.39 is 0 Å². The van der Waals surface area contributed by atoms with E-state index in [0.717, 1.165) is 38.7 Å². The molecule has 0 bridgehead atoms. The molecule has 1 aliphatic rings. The van der Waals surface area contributed by atoms with E-state index in [4.69, 9.17) is 13.9 Å². The number of fused-ring (bicyclic) bond motifs is 1. The maximum Gasteiger partial charge on any atom is 0.231 e. The fraction of sp³-hybridized carbons (Fsp3) is 0.158. The summed E-state index contributed by atoms with van der Waals surface area (Å²) in [6.45, 7) is 2.97. The minimum absolute atomic E-state index is 0.285. The lowest BCUT2D eigenvalue weighted by Gasteiger charge is -2.06. The van der Waals surface area contributed by atoms with Gasteiger partial charge in [-0.1, -0.05) is 15.9 Å². The van der Waals surface area contributed by atoms with Crippen LogP contribution in [0.3, 0.4) is 0 Å². The Morgan fingerprint density at radius 3 is 2.75 bits per heavy atom. The second-order valence-electron chi connectivity index (χ2n) is 5.65. The third-order valence-corrected chi connectivity index (χ3v) is 4.45. The molecule has 4 nitrogen and oxygen atoms in total. The predicted octanol–water partition coefficient (Wildman–Crippen LogP) is 5.36. The van der Waals surface area contributed by atoms with Gasteiger partial charge < -0.3 is 19.2 Å². The lowest BCUT2D eigenvalue weighted by Crippen LogP contribution is -1.97. The van der Waals surface area contributed by atoms with Crippen LogP contribution >= 0.6 is 15.9 Å². The molecule has 1 aromatic heterocycles. The fourth-order valence-electron chi connectivity index (χ4n) is 2.72. The van der Waals surface area contributed by atoms with Crippen molar-refractivity contribution >= 4 is 21.6 Å². The van der Waals surface area contributed by atoms with Gasteiger partial charge >= 0.3 is 0 Å². The van der Waals surface area contributed by atoms with Gasteiger partial charge in [-0.15, -0.1) is 0 Å². The van der Waals surface area contributed by atoms with Crippen LogP contribution in [0.25, 0.3) is 11.3 Å². The summed E-state index contributed by atoms with van der Waals surface area (Å²) in [5.74, 6) is 3.31. The summed E-state index contributed by atoms with van der Waals surface area (Å²) in [5, 5.41) is 3.34. The molecule has 0 spiro atoms. The molecular formula is C19H16BrNO3. The fourth-order valence-corrected chi connectivity index (χ4v) is 3.19. The summed E-state index contributed by atoms with van der Waals surface area (Å²) in [4.78, 5) is 0. The minimum Gasteiger partial charge on any atom is -0.459 e. The number of halogens is 1. The van der Waals surface area contributed by atoms with Crippen LogP contribution in [0.1, 0.15) is 11.3 Å². The Balaban J connectivity index is 1.47. The van der Waals surface area contributed by atoms with Crippen molar-refractivity contribution in [1.82, 2.24) is 0 Å². The van der Waals surface area contributed by atoms with E-state index in [0.29, 0.717) is 6.54 Å². The lowest BCUT2D eigenvalue weighted by molar-refractivity contribution is 0.174. The molecule has 0 amide bonds. The van der Waals surface area contributed by atoms with E-state index in [1.165, 1.54) is 5.56 Å². The maximum absolute atomic E-state index is 5.97. The highest BCUT2D eigenvalue weighted by Crippen LogP contribution is 2.34. The van der Waals surface area contributed by atoms with E-state index in [1.54, 1.807) is 0 Å². The molecule has 2 heterocycles. The molecule has 122 valence electrons. The molecule has 1 N–H and O–H groups in total. The second-order valence-corrected chi connectivity index (χ2v) is 6.56. The van der Waals surface area contributed by atoms with Crippen LogP contribution in [0.4, 0.5) is 5.69 Å². The SMILES string of the molecule is Cc1cc(Br)ccc1-c1ccc(CNc2ccc3c(c2)OCO3)o1. The first-order valence-corrected chi connectivity index (χ1v) is 8.47. The summed E-state index contributed by atoms with van der Waals surface area (Å²) in [7, 11) is 0. The first-order chi connectivity index (χ1) is 11.7. The molecule has 24 heavy (non-hydrogen) atoms. The summed E-state index contributed by atoms with van der Waals surface area (Å²) >= 11 is 3.49. The van der Waals surface area contributed by atoms with Crippen molar-refractivity contribution in [2.45, 2.75) is 13.5 Å². The Morgan fingerprint density at radius 1 is 1.00 bits per heavy atom. The topological polar surface area (TPSA) is 43.6 Å². The predicted molar refractivity (Wildman–Crippen MR) is 96.5 cm³/mol. The van der Waals surface area contributed by atoms with Crippen molar-refractivity contribution in [3.63, 3.8) is 0 Å². The van der Waals surface area contributed by atoms with Crippen molar-refractivity contribution in [1.29, 1.82) is 0 Å². The first kappa shape index (κ1) is 15.1. The van der Waals surface area contributed by atoms with Crippen molar-refractivity contribution in [2.75, 3.05) is 12.1 Å². The quantitative estimate of drug-likeness (QED) is 0.656. The molecule has 0 saturated carbocycles. The molecule has 0 saturated heterocycles. The summed E-state index contributed by atoms with van der Waals surface area (Å²) < 4.78 is 17.7. The normalized spacial score (nSPS) is 12.4. The van der Waals surface area contributed by atoms with Gasteiger partial charge in [0, 0.05) is 21.8 Å². The van der Waals surface area contributed by atoms with Crippen molar-refractivity contribution in [2.24, 2.45) is 0 Å². The standard InChI is InChI=1S/C19H16BrNO3/c1-12-8-13(20)2-5-16(12)17-7-4-15(24-17)10-21-14-3-6-18-19(9-14)23-11-22-18/h2-9,21H,10-11H2,1H3. The highest BCUT2D eigenvalue weighted by Gasteiger charge is 2.13. The van der Waals surface area contributed by atoms with Crippen LogP contribution in [-0.2, 0) is 6.54 Å². The van der Waals surface area contributed by atoms with Gasteiger partial charge in [0.15, 0.2) is 11.5 Å². The molecule has 0 atom stereocenters. The number of ether oxygens (including phenoxy) is 2. The van der Waals surface area contributed by atoms with Gasteiger partial charge in [-0.25, -0.2) is 0 Å². The lowest BCUT2D eigenvalue weighted by atomic mass is 10.1. The third-order valence-electron chi connectivity index (χ3n) is 3.95. The van der Waals surface area contributed by atoms with Crippen LogP contribution < -0.4 is 14.8 Å². The Morgan fingerprint density at radius 2 is 1.88 bits per heavy atom. The van der Waals surface area contributed by atoms with Crippen LogP contribution in [-0.4, -0.2) is 6.79 Å². The molecular weight excluding hydrogens is 370 g/mol. The second kappa shape index (κ2) is 6.24. The average Bonchev–Trinajstić information content (AvgIpc) is 3.21. The molecule has 0 radical (unpaired) electrons. The number of rotatable bonds is 4. The Kier molecular flexibility index (Phi) is 3.94. The molecule has 2 aromatic carbocycles. The molecule has 0 unspecified atom stereocenters. The van der Waals surface area contributed by atoms with Crippen LogP contribution in [0.5, 0.6) is 11.5 Å². The minimum atomic E-state index is 0.285. The van der Waals surface area contributed by atoms with E-state index in [-0.39, 0.29) is 6.79 Å². The first-order valence-electron chi connectivity index (χ1n) is 7.68. The summed E-state index contributed by atoms with van der Waals surface area (Å²) in [6, 6.07) is 16.0. The number of benzene rings is 2. The molecule has 0 aliphatic carbocycles. The van der Waals surface area contributed by atoms with Gasteiger partial charge in [0.25, 0.3) is 0 Å². The van der Waals surface area contributed by atoms with Crippen LogP contribution in [0, 0.1) is 6.92 Å². The van der Waals surface area contributed by atoms with Gasteiger partial charge in [-0.2, -0.15) is 0 Å². The van der Waals surface area contributed by atoms with Gasteiger partial charge in [0.1, 0.15) is 11.5 Å². The molecule has 3 aromatic rings. The summed E-state index contributed by atoms with van der Waals surface area (Å²) in [6.07, 6.45) is 0. The van der Waals surface area contributed by atoms with E-state index in [9.17, 15) is 0 Å².